The molecule has 0 unspecified atom stereocenters. The maximum absolute atomic E-state index is 6.19. The Morgan fingerprint density at radius 3 is 2.79 bits per heavy atom. The molecule has 0 aliphatic carbocycles. The van der Waals surface area contributed by atoms with Crippen molar-refractivity contribution in [3.8, 4) is 11.5 Å². The average molecular weight is 280 g/mol. The van der Waals surface area contributed by atoms with Crippen molar-refractivity contribution in [1.29, 1.82) is 0 Å². The summed E-state index contributed by atoms with van der Waals surface area (Å²) in [6, 6.07) is 6.03. The van der Waals surface area contributed by atoms with Crippen LogP contribution in [0.2, 0.25) is 5.02 Å². The first-order valence-electron chi connectivity index (χ1n) is 6.30. The minimum absolute atomic E-state index is 0.305. The molecule has 5 heteroatoms. The van der Waals surface area contributed by atoms with Crippen LogP contribution in [0.3, 0.4) is 0 Å². The molecule has 102 valence electrons. The van der Waals surface area contributed by atoms with E-state index in [1.54, 1.807) is 6.20 Å². The summed E-state index contributed by atoms with van der Waals surface area (Å²) in [6.07, 6.45) is 4.35. The summed E-state index contributed by atoms with van der Waals surface area (Å²) in [5.74, 6) is 1.31. The summed E-state index contributed by atoms with van der Waals surface area (Å²) in [4.78, 5) is 0. The quantitative estimate of drug-likeness (QED) is 0.912. The van der Waals surface area contributed by atoms with Crippen molar-refractivity contribution in [2.75, 3.05) is 6.54 Å². The van der Waals surface area contributed by atoms with E-state index in [1.807, 2.05) is 29.1 Å². The van der Waals surface area contributed by atoms with E-state index >= 15 is 0 Å². The van der Waals surface area contributed by atoms with Crippen LogP contribution in [0, 0.1) is 0 Å². The van der Waals surface area contributed by atoms with Gasteiger partial charge < -0.3 is 10.5 Å². The van der Waals surface area contributed by atoms with E-state index in [-0.39, 0.29) is 0 Å². The molecule has 0 radical (unpaired) electrons. The topological polar surface area (TPSA) is 53.1 Å². The number of rotatable bonds is 5. The Balaban J connectivity index is 2.13. The molecule has 19 heavy (non-hydrogen) atoms. The summed E-state index contributed by atoms with van der Waals surface area (Å²) in [5.41, 5.74) is 6.63. The summed E-state index contributed by atoms with van der Waals surface area (Å²) in [5, 5.41) is 4.81. The molecule has 0 aliphatic heterocycles. The molecule has 0 aliphatic rings. The van der Waals surface area contributed by atoms with Crippen molar-refractivity contribution >= 4 is 11.6 Å². The van der Waals surface area contributed by atoms with Gasteiger partial charge in [-0.2, -0.15) is 5.10 Å². The fourth-order valence-electron chi connectivity index (χ4n) is 1.73. The summed E-state index contributed by atoms with van der Waals surface area (Å²) in [7, 11) is 0. The molecule has 0 spiro atoms. The van der Waals surface area contributed by atoms with Gasteiger partial charge in [0, 0.05) is 6.04 Å². The summed E-state index contributed by atoms with van der Waals surface area (Å²) < 4.78 is 7.57. The SMILES string of the molecule is CC(C)n1cc(Oc2ccc(CCN)cc2Cl)cn1. The number of halogens is 1. The first-order valence-corrected chi connectivity index (χ1v) is 6.68. The molecule has 0 bridgehead atoms. The monoisotopic (exact) mass is 279 g/mol. The van der Waals surface area contributed by atoms with Crippen molar-refractivity contribution in [3.05, 3.63) is 41.2 Å². The zero-order valence-electron chi connectivity index (χ0n) is 11.1. The average Bonchev–Trinajstić information content (AvgIpc) is 2.82. The first kappa shape index (κ1) is 13.9. The molecule has 2 rings (SSSR count). The normalized spacial score (nSPS) is 11.0. The van der Waals surface area contributed by atoms with Crippen molar-refractivity contribution in [2.24, 2.45) is 5.73 Å². The molecule has 0 fully saturated rings. The minimum Gasteiger partial charge on any atom is -0.452 e. The fraction of sp³-hybridized carbons (Fsp3) is 0.357. The van der Waals surface area contributed by atoms with E-state index in [0.29, 0.717) is 29.1 Å². The molecule has 0 saturated heterocycles. The van der Waals surface area contributed by atoms with Crippen LogP contribution in [0.5, 0.6) is 11.5 Å². The first-order chi connectivity index (χ1) is 9.10. The Morgan fingerprint density at radius 2 is 2.21 bits per heavy atom. The third kappa shape index (κ3) is 3.49. The molecule has 1 heterocycles. The zero-order chi connectivity index (χ0) is 13.8. The molecule has 2 aromatic rings. The highest BCUT2D eigenvalue weighted by Crippen LogP contribution is 2.30. The Labute approximate surface area is 118 Å². The smallest absolute Gasteiger partial charge is 0.165 e. The highest BCUT2D eigenvalue weighted by atomic mass is 35.5. The lowest BCUT2D eigenvalue weighted by molar-refractivity contribution is 0.477. The molecule has 1 aromatic heterocycles. The van der Waals surface area contributed by atoms with Crippen molar-refractivity contribution in [2.45, 2.75) is 26.3 Å². The second kappa shape index (κ2) is 6.08. The Kier molecular flexibility index (Phi) is 4.45. The van der Waals surface area contributed by atoms with Gasteiger partial charge in [-0.05, 0) is 44.5 Å². The number of aromatic nitrogens is 2. The fourth-order valence-corrected chi connectivity index (χ4v) is 1.97. The minimum atomic E-state index is 0.305. The van der Waals surface area contributed by atoms with Gasteiger partial charge in [-0.15, -0.1) is 0 Å². The lowest BCUT2D eigenvalue weighted by atomic mass is 10.1. The summed E-state index contributed by atoms with van der Waals surface area (Å²) in [6.45, 7) is 4.73. The molecular formula is C14H18ClN3O. The second-order valence-corrected chi connectivity index (χ2v) is 5.06. The molecule has 0 atom stereocenters. The predicted molar refractivity (Wildman–Crippen MR) is 76.9 cm³/mol. The lowest BCUT2D eigenvalue weighted by Crippen LogP contribution is -2.02. The van der Waals surface area contributed by atoms with Gasteiger partial charge in [-0.25, -0.2) is 0 Å². The molecule has 1 aromatic carbocycles. The van der Waals surface area contributed by atoms with Crippen LogP contribution in [0.1, 0.15) is 25.5 Å². The molecule has 0 saturated carbocycles. The highest BCUT2D eigenvalue weighted by Gasteiger charge is 2.07. The van der Waals surface area contributed by atoms with Crippen LogP contribution in [0.4, 0.5) is 0 Å². The standard InChI is InChI=1S/C14H18ClN3O/c1-10(2)18-9-12(8-17-18)19-14-4-3-11(5-6-16)7-13(14)15/h3-4,7-10H,5-6,16H2,1-2H3. The van der Waals surface area contributed by atoms with E-state index in [9.17, 15) is 0 Å². The number of hydrogen-bond acceptors (Lipinski definition) is 3. The zero-order valence-corrected chi connectivity index (χ0v) is 11.9. The van der Waals surface area contributed by atoms with Gasteiger partial charge in [0.1, 0.15) is 5.75 Å². The van der Waals surface area contributed by atoms with Crippen LogP contribution in [-0.2, 0) is 6.42 Å². The van der Waals surface area contributed by atoms with Gasteiger partial charge in [0.05, 0.1) is 17.4 Å². The van der Waals surface area contributed by atoms with Gasteiger partial charge in [0.25, 0.3) is 0 Å². The number of nitrogens with two attached hydrogens (primary N) is 1. The van der Waals surface area contributed by atoms with Crippen LogP contribution in [-0.4, -0.2) is 16.3 Å². The molecular weight excluding hydrogens is 262 g/mol. The number of ether oxygens (including phenoxy) is 1. The largest absolute Gasteiger partial charge is 0.452 e. The lowest BCUT2D eigenvalue weighted by Gasteiger charge is -2.07. The van der Waals surface area contributed by atoms with Gasteiger partial charge >= 0.3 is 0 Å². The third-order valence-electron chi connectivity index (χ3n) is 2.76. The van der Waals surface area contributed by atoms with E-state index in [0.717, 1.165) is 12.0 Å². The van der Waals surface area contributed by atoms with Crippen LogP contribution < -0.4 is 10.5 Å². The van der Waals surface area contributed by atoms with Gasteiger partial charge in [0.15, 0.2) is 5.75 Å². The van der Waals surface area contributed by atoms with Crippen molar-refractivity contribution in [3.63, 3.8) is 0 Å². The maximum Gasteiger partial charge on any atom is 0.165 e. The maximum atomic E-state index is 6.19. The van der Waals surface area contributed by atoms with E-state index in [4.69, 9.17) is 22.1 Å². The second-order valence-electron chi connectivity index (χ2n) is 4.66. The predicted octanol–water partition coefficient (Wildman–Crippen LogP) is 3.41. The van der Waals surface area contributed by atoms with Gasteiger partial charge in [-0.3, -0.25) is 4.68 Å². The highest BCUT2D eigenvalue weighted by molar-refractivity contribution is 6.32. The van der Waals surface area contributed by atoms with E-state index in [1.165, 1.54) is 0 Å². The summed E-state index contributed by atoms with van der Waals surface area (Å²) >= 11 is 6.19. The Morgan fingerprint density at radius 1 is 1.42 bits per heavy atom. The molecule has 4 nitrogen and oxygen atoms in total. The van der Waals surface area contributed by atoms with Gasteiger partial charge in [0.2, 0.25) is 0 Å². The molecule has 0 amide bonds. The van der Waals surface area contributed by atoms with Crippen LogP contribution in [0.15, 0.2) is 30.6 Å². The number of hydrogen-bond donors (Lipinski definition) is 1. The Hall–Kier alpha value is -1.52. The van der Waals surface area contributed by atoms with Crippen molar-refractivity contribution in [1.82, 2.24) is 9.78 Å². The van der Waals surface area contributed by atoms with Crippen LogP contribution in [0.25, 0.3) is 0 Å². The van der Waals surface area contributed by atoms with E-state index < -0.39 is 0 Å². The van der Waals surface area contributed by atoms with Gasteiger partial charge in [-0.1, -0.05) is 17.7 Å². The number of benzene rings is 1. The third-order valence-corrected chi connectivity index (χ3v) is 3.06. The van der Waals surface area contributed by atoms with Crippen LogP contribution >= 0.6 is 11.6 Å². The van der Waals surface area contributed by atoms with E-state index in [2.05, 4.69) is 18.9 Å². The van der Waals surface area contributed by atoms with Crippen molar-refractivity contribution < 1.29 is 4.74 Å². The number of nitrogens with zero attached hydrogens (tertiary/aromatic N) is 2. The Bertz CT molecular complexity index is 551. The molecule has 2 N–H and O–H groups in total.